The second-order valence-electron chi connectivity index (χ2n) is 5.13. The largest absolute Gasteiger partial charge is 0.451 e. The van der Waals surface area contributed by atoms with Gasteiger partial charge in [-0.2, -0.15) is 0 Å². The van der Waals surface area contributed by atoms with E-state index in [0.717, 1.165) is 12.1 Å². The van der Waals surface area contributed by atoms with Crippen LogP contribution in [0.3, 0.4) is 0 Å². The molecule has 0 aliphatic carbocycles. The highest BCUT2D eigenvalue weighted by molar-refractivity contribution is 7.89. The second kappa shape index (κ2) is 7.85. The van der Waals surface area contributed by atoms with Crippen LogP contribution in [0.5, 0.6) is 0 Å². The van der Waals surface area contributed by atoms with Gasteiger partial charge in [-0.1, -0.05) is 11.6 Å². The molecule has 1 amide bonds. The van der Waals surface area contributed by atoms with Gasteiger partial charge in [-0.3, -0.25) is 4.79 Å². The third kappa shape index (κ3) is 4.59. The molecule has 0 atom stereocenters. The number of hydrogen-bond acceptors (Lipinski definition) is 5. The van der Waals surface area contributed by atoms with Crippen LogP contribution in [0, 0.1) is 5.82 Å². The van der Waals surface area contributed by atoms with E-state index in [-0.39, 0.29) is 21.3 Å². The van der Waals surface area contributed by atoms with Crippen LogP contribution in [0.2, 0.25) is 5.02 Å². The van der Waals surface area contributed by atoms with Gasteiger partial charge in [-0.05, 0) is 31.3 Å². The molecule has 0 spiro atoms. The number of benzene rings is 1. The predicted molar refractivity (Wildman–Crippen MR) is 92.0 cm³/mol. The Hall–Kier alpha value is -2.43. The van der Waals surface area contributed by atoms with Crippen molar-refractivity contribution in [3.05, 3.63) is 47.0 Å². The molecule has 0 fully saturated rings. The molecule has 0 unspecified atom stereocenters. The molecule has 0 radical (unpaired) electrons. The molecule has 0 aliphatic rings. The topological polar surface area (TPSA) is 106 Å². The van der Waals surface area contributed by atoms with Gasteiger partial charge in [0.05, 0.1) is 5.02 Å². The summed E-state index contributed by atoms with van der Waals surface area (Å²) in [6.45, 7) is -0.618. The van der Waals surface area contributed by atoms with E-state index < -0.39 is 34.3 Å². The molecule has 2 N–H and O–H groups in total. The Kier molecular flexibility index (Phi) is 6.01. The minimum atomic E-state index is -3.71. The Morgan fingerprint density at radius 3 is 2.62 bits per heavy atom. The number of amides is 1. The van der Waals surface area contributed by atoms with Gasteiger partial charge in [0.1, 0.15) is 16.4 Å². The molecule has 2 aromatic rings. The highest BCUT2D eigenvalue weighted by Gasteiger charge is 2.20. The van der Waals surface area contributed by atoms with Crippen molar-refractivity contribution >= 4 is 39.2 Å². The lowest BCUT2D eigenvalue weighted by atomic mass is 10.3. The van der Waals surface area contributed by atoms with Crippen LogP contribution in [0.1, 0.15) is 10.5 Å². The standard InChI is InChI=1S/C15H15ClFN3O5S/c1-18-26(23,24)10-6-13(20(2)7-10)15(22)25-8-14(21)19-9-3-4-12(17)11(16)5-9/h3-7,18H,8H2,1-2H3,(H,19,21). The number of aryl methyl sites for hydroxylation is 1. The van der Waals surface area contributed by atoms with E-state index in [4.69, 9.17) is 16.3 Å². The van der Waals surface area contributed by atoms with Crippen LogP contribution in [-0.2, 0) is 26.6 Å². The lowest BCUT2D eigenvalue weighted by molar-refractivity contribution is -0.119. The molecule has 0 saturated heterocycles. The first-order valence-corrected chi connectivity index (χ1v) is 9.02. The Morgan fingerprint density at radius 2 is 2.00 bits per heavy atom. The van der Waals surface area contributed by atoms with Crippen molar-refractivity contribution in [1.82, 2.24) is 9.29 Å². The first-order chi connectivity index (χ1) is 12.1. The molecule has 1 heterocycles. The fourth-order valence-corrected chi connectivity index (χ4v) is 2.96. The summed E-state index contributed by atoms with van der Waals surface area (Å²) in [6, 6.07) is 4.72. The molecule has 0 bridgehead atoms. The van der Waals surface area contributed by atoms with Gasteiger partial charge in [0, 0.05) is 18.9 Å². The molecule has 0 aliphatic heterocycles. The summed E-state index contributed by atoms with van der Waals surface area (Å²) in [4.78, 5) is 23.7. The maximum absolute atomic E-state index is 13.1. The zero-order valence-electron chi connectivity index (χ0n) is 13.7. The van der Waals surface area contributed by atoms with E-state index in [2.05, 4.69) is 10.0 Å². The van der Waals surface area contributed by atoms with Crippen molar-refractivity contribution in [1.29, 1.82) is 0 Å². The summed E-state index contributed by atoms with van der Waals surface area (Å²) >= 11 is 5.60. The maximum Gasteiger partial charge on any atom is 0.355 e. The molecule has 140 valence electrons. The first-order valence-electron chi connectivity index (χ1n) is 7.16. The monoisotopic (exact) mass is 403 g/mol. The van der Waals surface area contributed by atoms with Crippen LogP contribution in [0.15, 0.2) is 35.4 Å². The lowest BCUT2D eigenvalue weighted by Crippen LogP contribution is -2.21. The molecule has 26 heavy (non-hydrogen) atoms. The molecule has 2 rings (SSSR count). The average Bonchev–Trinajstić information content (AvgIpc) is 2.99. The van der Waals surface area contributed by atoms with E-state index in [0.29, 0.717) is 0 Å². The highest BCUT2D eigenvalue weighted by atomic mass is 35.5. The average molecular weight is 404 g/mol. The summed E-state index contributed by atoms with van der Waals surface area (Å²) < 4.78 is 44.8. The number of nitrogens with zero attached hydrogens (tertiary/aromatic N) is 1. The van der Waals surface area contributed by atoms with Crippen LogP contribution in [0.25, 0.3) is 0 Å². The molecule has 1 aromatic heterocycles. The van der Waals surface area contributed by atoms with Crippen molar-refractivity contribution in [2.45, 2.75) is 4.90 Å². The van der Waals surface area contributed by atoms with E-state index in [9.17, 15) is 22.4 Å². The fourth-order valence-electron chi connectivity index (χ4n) is 1.98. The number of carbonyl (C=O) groups is 2. The summed E-state index contributed by atoms with van der Waals surface area (Å²) in [5.41, 5.74) is 0.190. The van der Waals surface area contributed by atoms with Gasteiger partial charge in [0.2, 0.25) is 10.0 Å². The maximum atomic E-state index is 13.1. The number of aromatic nitrogens is 1. The van der Waals surface area contributed by atoms with Gasteiger partial charge in [-0.25, -0.2) is 22.3 Å². The molecule has 8 nitrogen and oxygen atoms in total. The number of ether oxygens (including phenoxy) is 1. The number of nitrogens with one attached hydrogen (secondary N) is 2. The number of halogens is 2. The number of sulfonamides is 1. The Bertz CT molecular complexity index is 958. The Labute approximate surface area is 153 Å². The zero-order valence-corrected chi connectivity index (χ0v) is 15.3. The van der Waals surface area contributed by atoms with Gasteiger partial charge in [0.25, 0.3) is 5.91 Å². The first kappa shape index (κ1) is 19.9. The minimum absolute atomic E-state index is 0.0450. The third-order valence-electron chi connectivity index (χ3n) is 3.31. The van der Waals surface area contributed by atoms with E-state index in [1.54, 1.807) is 0 Å². The number of esters is 1. The van der Waals surface area contributed by atoms with Crippen molar-refractivity contribution in [3.8, 4) is 0 Å². The van der Waals surface area contributed by atoms with E-state index >= 15 is 0 Å². The van der Waals surface area contributed by atoms with Gasteiger partial charge < -0.3 is 14.6 Å². The quantitative estimate of drug-likeness (QED) is 0.711. The van der Waals surface area contributed by atoms with Crippen LogP contribution in [-0.4, -0.2) is 38.5 Å². The lowest BCUT2D eigenvalue weighted by Gasteiger charge is -2.07. The number of rotatable bonds is 6. The SMILES string of the molecule is CNS(=O)(=O)c1cc(C(=O)OCC(=O)Nc2ccc(F)c(Cl)c2)n(C)c1. The zero-order chi connectivity index (χ0) is 19.5. The number of hydrogen-bond donors (Lipinski definition) is 2. The van der Waals surface area contributed by atoms with E-state index in [1.165, 1.54) is 37.0 Å². The van der Waals surface area contributed by atoms with Crippen molar-refractivity contribution in [3.63, 3.8) is 0 Å². The van der Waals surface area contributed by atoms with E-state index in [1.807, 2.05) is 0 Å². The summed E-state index contributed by atoms with van der Waals surface area (Å²) in [5, 5.41) is 2.23. The predicted octanol–water partition coefficient (Wildman–Crippen LogP) is 1.52. The molecule has 1 aromatic carbocycles. The number of anilines is 1. The fraction of sp³-hybridized carbons (Fsp3) is 0.200. The van der Waals surface area contributed by atoms with Crippen molar-refractivity contribution in [2.24, 2.45) is 7.05 Å². The highest BCUT2D eigenvalue weighted by Crippen LogP contribution is 2.19. The third-order valence-corrected chi connectivity index (χ3v) is 4.98. The summed E-state index contributed by atoms with van der Waals surface area (Å²) in [7, 11) is -1.01. The van der Waals surface area contributed by atoms with Crippen molar-refractivity contribution in [2.75, 3.05) is 19.0 Å². The molecule has 0 saturated carbocycles. The normalized spacial score (nSPS) is 11.2. The van der Waals surface area contributed by atoms with Gasteiger partial charge >= 0.3 is 5.97 Å². The summed E-state index contributed by atoms with van der Waals surface area (Å²) in [5.74, 6) is -2.18. The van der Waals surface area contributed by atoms with Gasteiger partial charge in [0.15, 0.2) is 6.61 Å². The number of carbonyl (C=O) groups excluding carboxylic acids is 2. The van der Waals surface area contributed by atoms with Crippen LogP contribution in [0.4, 0.5) is 10.1 Å². The Morgan fingerprint density at radius 1 is 1.31 bits per heavy atom. The summed E-state index contributed by atoms with van der Waals surface area (Å²) in [6.07, 6.45) is 1.24. The Balaban J connectivity index is 2.00. The second-order valence-corrected chi connectivity index (χ2v) is 7.43. The minimum Gasteiger partial charge on any atom is -0.451 e. The smallest absolute Gasteiger partial charge is 0.355 e. The van der Waals surface area contributed by atoms with Gasteiger partial charge in [-0.15, -0.1) is 0 Å². The van der Waals surface area contributed by atoms with Crippen molar-refractivity contribution < 1.29 is 27.1 Å². The molecular formula is C15H15ClFN3O5S. The molecular weight excluding hydrogens is 389 g/mol. The molecule has 11 heteroatoms. The van der Waals surface area contributed by atoms with Crippen LogP contribution >= 0.6 is 11.6 Å². The van der Waals surface area contributed by atoms with Crippen LogP contribution < -0.4 is 10.0 Å².